The third-order valence-electron chi connectivity index (χ3n) is 3.31. The van der Waals surface area contributed by atoms with E-state index in [2.05, 4.69) is 4.72 Å². The van der Waals surface area contributed by atoms with Gasteiger partial charge in [-0.15, -0.1) is 0 Å². The fourth-order valence-electron chi connectivity index (χ4n) is 1.91. The van der Waals surface area contributed by atoms with E-state index in [4.69, 9.17) is 0 Å². The van der Waals surface area contributed by atoms with Gasteiger partial charge in [0.15, 0.2) is 5.78 Å². The van der Waals surface area contributed by atoms with E-state index in [0.29, 0.717) is 11.1 Å². The van der Waals surface area contributed by atoms with Crippen molar-refractivity contribution < 1.29 is 18.3 Å². The molecule has 0 spiro atoms. The van der Waals surface area contributed by atoms with Crippen molar-refractivity contribution in [1.82, 2.24) is 4.72 Å². The van der Waals surface area contributed by atoms with Crippen molar-refractivity contribution in [2.75, 3.05) is 0 Å². The molecule has 2 N–H and O–H groups in total. The molecular weight excluding hydrogens is 302 g/mol. The molecule has 0 bridgehead atoms. The van der Waals surface area contributed by atoms with Crippen LogP contribution in [0.15, 0.2) is 47.4 Å². The Kier molecular flexibility index (Phi) is 4.63. The van der Waals surface area contributed by atoms with E-state index in [9.17, 15) is 18.3 Å². The summed E-state index contributed by atoms with van der Waals surface area (Å²) >= 11 is 0. The molecule has 0 unspecified atom stereocenters. The Balaban J connectivity index is 2.12. The van der Waals surface area contributed by atoms with Crippen LogP contribution in [0.2, 0.25) is 0 Å². The first-order chi connectivity index (χ1) is 10.3. The van der Waals surface area contributed by atoms with E-state index < -0.39 is 10.0 Å². The Morgan fingerprint density at radius 3 is 2.32 bits per heavy atom. The van der Waals surface area contributed by atoms with Crippen LogP contribution in [-0.2, 0) is 16.6 Å². The number of aromatic hydroxyl groups is 1. The zero-order chi connectivity index (χ0) is 16.3. The number of hydrogen-bond donors (Lipinski definition) is 2. The molecule has 5 nitrogen and oxygen atoms in total. The van der Waals surface area contributed by atoms with Gasteiger partial charge in [0.2, 0.25) is 10.0 Å². The van der Waals surface area contributed by atoms with Gasteiger partial charge in [0, 0.05) is 12.1 Å². The number of sulfonamides is 1. The lowest BCUT2D eigenvalue weighted by molar-refractivity contribution is 0.101. The molecule has 0 radical (unpaired) electrons. The average Bonchev–Trinajstić information content (AvgIpc) is 2.48. The number of phenolic OH excluding ortho intramolecular Hbond substituents is 1. The second kappa shape index (κ2) is 6.29. The molecular formula is C16H17NO4S. The van der Waals surface area contributed by atoms with Crippen LogP contribution in [0, 0.1) is 6.92 Å². The highest BCUT2D eigenvalue weighted by atomic mass is 32.2. The highest BCUT2D eigenvalue weighted by Crippen LogP contribution is 2.20. The van der Waals surface area contributed by atoms with Crippen LogP contribution in [0.1, 0.15) is 28.4 Å². The quantitative estimate of drug-likeness (QED) is 0.829. The second-order valence-electron chi connectivity index (χ2n) is 5.03. The average molecular weight is 319 g/mol. The van der Waals surface area contributed by atoms with Gasteiger partial charge in [0.25, 0.3) is 0 Å². The van der Waals surface area contributed by atoms with E-state index in [1.54, 1.807) is 31.2 Å². The molecule has 0 aliphatic rings. The first kappa shape index (κ1) is 16.2. The van der Waals surface area contributed by atoms with Crippen molar-refractivity contribution in [3.63, 3.8) is 0 Å². The third kappa shape index (κ3) is 3.72. The van der Waals surface area contributed by atoms with Crippen LogP contribution in [-0.4, -0.2) is 19.3 Å². The van der Waals surface area contributed by atoms with E-state index in [1.807, 2.05) is 0 Å². The molecule has 0 aromatic heterocycles. The predicted molar refractivity (Wildman–Crippen MR) is 83.3 cm³/mol. The molecule has 6 heteroatoms. The van der Waals surface area contributed by atoms with Crippen LogP contribution in [0.3, 0.4) is 0 Å². The van der Waals surface area contributed by atoms with Crippen molar-refractivity contribution >= 4 is 15.8 Å². The standard InChI is InChI=1S/C16H17NO4S/c1-11-9-15(7-8-16(11)19)22(20,21)17-10-13-3-5-14(6-4-13)12(2)18/h3-9,17,19H,10H2,1-2H3. The monoisotopic (exact) mass is 319 g/mol. The van der Waals surface area contributed by atoms with Crippen molar-refractivity contribution in [3.8, 4) is 5.75 Å². The van der Waals surface area contributed by atoms with Gasteiger partial charge in [-0.2, -0.15) is 0 Å². The van der Waals surface area contributed by atoms with E-state index in [1.165, 1.54) is 25.1 Å². The highest BCUT2D eigenvalue weighted by Gasteiger charge is 2.14. The summed E-state index contributed by atoms with van der Waals surface area (Å²) in [5, 5.41) is 9.45. The summed E-state index contributed by atoms with van der Waals surface area (Å²) in [7, 11) is -3.65. The largest absolute Gasteiger partial charge is 0.508 e. The maximum absolute atomic E-state index is 12.2. The number of carbonyl (C=O) groups is 1. The fourth-order valence-corrected chi connectivity index (χ4v) is 3.02. The SMILES string of the molecule is CC(=O)c1ccc(CNS(=O)(=O)c2ccc(O)c(C)c2)cc1. The third-order valence-corrected chi connectivity index (χ3v) is 4.70. The van der Waals surface area contributed by atoms with Crippen LogP contribution < -0.4 is 4.72 Å². The zero-order valence-electron chi connectivity index (χ0n) is 12.3. The molecule has 0 atom stereocenters. The van der Waals surface area contributed by atoms with Gasteiger partial charge in [-0.3, -0.25) is 4.79 Å². The van der Waals surface area contributed by atoms with Crippen LogP contribution in [0.4, 0.5) is 0 Å². The second-order valence-corrected chi connectivity index (χ2v) is 6.79. The van der Waals surface area contributed by atoms with Gasteiger partial charge >= 0.3 is 0 Å². The molecule has 2 rings (SSSR count). The van der Waals surface area contributed by atoms with E-state index in [0.717, 1.165) is 5.56 Å². The molecule has 116 valence electrons. The van der Waals surface area contributed by atoms with Gasteiger partial charge < -0.3 is 5.11 Å². The normalized spacial score (nSPS) is 11.4. The molecule has 0 saturated carbocycles. The van der Waals surface area contributed by atoms with E-state index in [-0.39, 0.29) is 23.0 Å². The summed E-state index contributed by atoms with van der Waals surface area (Å²) in [6, 6.07) is 10.9. The number of ketones is 1. The summed E-state index contributed by atoms with van der Waals surface area (Å²) in [5.74, 6) is 0.0190. The first-order valence-electron chi connectivity index (χ1n) is 6.69. The van der Waals surface area contributed by atoms with Gasteiger partial charge in [-0.05, 0) is 43.2 Å². The lowest BCUT2D eigenvalue weighted by Crippen LogP contribution is -2.23. The molecule has 0 amide bonds. The number of phenols is 1. The number of rotatable bonds is 5. The van der Waals surface area contributed by atoms with Gasteiger partial charge in [-0.25, -0.2) is 13.1 Å². The van der Waals surface area contributed by atoms with Crippen molar-refractivity contribution in [2.24, 2.45) is 0 Å². The minimum Gasteiger partial charge on any atom is -0.508 e. The Morgan fingerprint density at radius 2 is 1.77 bits per heavy atom. The lowest BCUT2D eigenvalue weighted by atomic mass is 10.1. The summed E-state index contributed by atoms with van der Waals surface area (Å²) in [5.41, 5.74) is 1.83. The molecule has 0 saturated heterocycles. The summed E-state index contributed by atoms with van der Waals surface area (Å²) in [4.78, 5) is 11.3. The fraction of sp³-hybridized carbons (Fsp3) is 0.188. The topological polar surface area (TPSA) is 83.5 Å². The minimum atomic E-state index is -3.65. The van der Waals surface area contributed by atoms with Crippen molar-refractivity contribution in [1.29, 1.82) is 0 Å². The van der Waals surface area contributed by atoms with Gasteiger partial charge in [-0.1, -0.05) is 24.3 Å². The molecule has 0 aliphatic heterocycles. The number of aryl methyl sites for hydroxylation is 1. The number of hydrogen-bond acceptors (Lipinski definition) is 4. The molecule has 0 fully saturated rings. The first-order valence-corrected chi connectivity index (χ1v) is 8.17. The predicted octanol–water partition coefficient (Wildman–Crippen LogP) is 2.38. The molecule has 0 aliphatic carbocycles. The maximum Gasteiger partial charge on any atom is 0.240 e. The highest BCUT2D eigenvalue weighted by molar-refractivity contribution is 7.89. The Hall–Kier alpha value is -2.18. The van der Waals surface area contributed by atoms with Gasteiger partial charge in [0.1, 0.15) is 5.75 Å². The minimum absolute atomic E-state index is 0.0355. The number of carbonyl (C=O) groups excluding carboxylic acids is 1. The zero-order valence-corrected chi connectivity index (χ0v) is 13.1. The van der Waals surface area contributed by atoms with Gasteiger partial charge in [0.05, 0.1) is 4.90 Å². The van der Waals surface area contributed by atoms with Crippen LogP contribution >= 0.6 is 0 Å². The molecule has 22 heavy (non-hydrogen) atoms. The number of benzene rings is 2. The van der Waals surface area contributed by atoms with E-state index >= 15 is 0 Å². The maximum atomic E-state index is 12.2. The smallest absolute Gasteiger partial charge is 0.240 e. The molecule has 2 aromatic rings. The van der Waals surface area contributed by atoms with Crippen molar-refractivity contribution in [3.05, 3.63) is 59.2 Å². The van der Waals surface area contributed by atoms with Crippen molar-refractivity contribution in [2.45, 2.75) is 25.3 Å². The number of Topliss-reactive ketones (excluding diaryl/α,β-unsaturated/α-hetero) is 1. The summed E-state index contributed by atoms with van der Waals surface area (Å²) in [6.45, 7) is 3.24. The molecule has 2 aromatic carbocycles. The Bertz CT molecular complexity index is 795. The van der Waals surface area contributed by atoms with Crippen LogP contribution in [0.25, 0.3) is 0 Å². The molecule has 0 heterocycles. The summed E-state index contributed by atoms with van der Waals surface area (Å²) in [6.07, 6.45) is 0. The Morgan fingerprint density at radius 1 is 1.14 bits per heavy atom. The number of nitrogens with one attached hydrogen (secondary N) is 1. The lowest BCUT2D eigenvalue weighted by Gasteiger charge is -2.08. The Labute approximate surface area is 129 Å². The summed E-state index contributed by atoms with van der Waals surface area (Å²) < 4.78 is 26.9. The van der Waals surface area contributed by atoms with Crippen LogP contribution in [0.5, 0.6) is 5.75 Å².